The number of thioether (sulfide) groups is 2. The Bertz CT molecular complexity index is 1130. The quantitative estimate of drug-likeness (QED) is 0.292. The minimum Gasteiger partial charge on any atom is -0.370 e. The summed E-state index contributed by atoms with van der Waals surface area (Å²) >= 11 is 3.08. The number of hydrogen-bond donors (Lipinski definition) is 2. The van der Waals surface area contributed by atoms with Crippen LogP contribution >= 0.6 is 48.3 Å². The second-order valence-corrected chi connectivity index (χ2v) is 10.6. The second-order valence-electron chi connectivity index (χ2n) is 8.56. The van der Waals surface area contributed by atoms with Crippen molar-refractivity contribution < 1.29 is 4.39 Å². The van der Waals surface area contributed by atoms with Gasteiger partial charge < -0.3 is 10.6 Å². The molecule has 0 spiro atoms. The number of nitrogens with one attached hydrogen (secondary N) is 2. The van der Waals surface area contributed by atoms with Crippen LogP contribution in [-0.4, -0.2) is 37.9 Å². The van der Waals surface area contributed by atoms with Crippen molar-refractivity contribution in [2.45, 2.75) is 34.1 Å². The summed E-state index contributed by atoms with van der Waals surface area (Å²) in [7, 11) is 0. The fraction of sp³-hybridized carbons (Fsp3) is 0.286. The highest BCUT2D eigenvalue weighted by molar-refractivity contribution is 7.99. The molecular formula is C28H31Cl2FN4S2. The first-order chi connectivity index (χ1) is 17.3. The van der Waals surface area contributed by atoms with Gasteiger partial charge in [-0.1, -0.05) is 54.6 Å². The molecule has 0 atom stereocenters. The van der Waals surface area contributed by atoms with E-state index in [0.29, 0.717) is 9.79 Å². The van der Waals surface area contributed by atoms with Gasteiger partial charge >= 0.3 is 0 Å². The van der Waals surface area contributed by atoms with E-state index in [4.69, 9.17) is 0 Å². The standard InChI is InChI=1S/C28H29FN4S2.2ClH/c29-26-24(34-18-20-6-10-22(11-7-20)27-30-14-2-15-31-27)4-1-5-25(26)35-19-21-8-12-23(13-9-21)28-32-16-3-17-33-28;;/h1,4-13H,2-3,14-19H2,(H,30,31)(H,32,33);2*1H. The molecule has 196 valence electrons. The molecule has 2 aliphatic rings. The normalized spacial score (nSPS) is 14.7. The Kier molecular flexibility index (Phi) is 11.6. The summed E-state index contributed by atoms with van der Waals surface area (Å²) < 4.78 is 15.2. The van der Waals surface area contributed by atoms with Crippen LogP contribution < -0.4 is 10.6 Å². The molecule has 3 aromatic carbocycles. The maximum Gasteiger partial charge on any atom is 0.150 e. The Balaban J connectivity index is 0.00000190. The summed E-state index contributed by atoms with van der Waals surface area (Å²) in [6, 6.07) is 22.5. The fourth-order valence-electron chi connectivity index (χ4n) is 4.01. The van der Waals surface area contributed by atoms with Crippen LogP contribution in [0.25, 0.3) is 0 Å². The van der Waals surface area contributed by atoms with Crippen molar-refractivity contribution in [1.29, 1.82) is 0 Å². The number of rotatable bonds is 8. The lowest BCUT2D eigenvalue weighted by atomic mass is 10.1. The third-order valence-electron chi connectivity index (χ3n) is 5.97. The number of halogens is 3. The zero-order valence-corrected chi connectivity index (χ0v) is 23.7. The highest BCUT2D eigenvalue weighted by Crippen LogP contribution is 2.33. The van der Waals surface area contributed by atoms with Crippen molar-refractivity contribution in [2.24, 2.45) is 9.98 Å². The summed E-state index contributed by atoms with van der Waals surface area (Å²) in [6.45, 7) is 3.71. The topological polar surface area (TPSA) is 48.8 Å². The molecule has 4 nitrogen and oxygen atoms in total. The first kappa shape index (κ1) is 29.4. The fourth-order valence-corrected chi connectivity index (χ4v) is 5.92. The third kappa shape index (κ3) is 7.90. The van der Waals surface area contributed by atoms with Gasteiger partial charge in [-0.2, -0.15) is 0 Å². The van der Waals surface area contributed by atoms with Crippen LogP contribution in [0, 0.1) is 5.82 Å². The van der Waals surface area contributed by atoms with E-state index < -0.39 is 0 Å². The van der Waals surface area contributed by atoms with E-state index in [-0.39, 0.29) is 30.6 Å². The van der Waals surface area contributed by atoms with Crippen LogP contribution in [0.2, 0.25) is 0 Å². The van der Waals surface area contributed by atoms with Crippen LogP contribution in [0.5, 0.6) is 0 Å². The van der Waals surface area contributed by atoms with E-state index >= 15 is 4.39 Å². The van der Waals surface area contributed by atoms with Crippen molar-refractivity contribution >= 4 is 60.0 Å². The summed E-state index contributed by atoms with van der Waals surface area (Å²) in [4.78, 5) is 10.5. The molecule has 0 saturated heterocycles. The van der Waals surface area contributed by atoms with Crippen molar-refractivity contribution in [3.63, 3.8) is 0 Å². The third-order valence-corrected chi connectivity index (χ3v) is 8.17. The predicted molar refractivity (Wildman–Crippen MR) is 161 cm³/mol. The minimum atomic E-state index is -0.128. The van der Waals surface area contributed by atoms with Gasteiger partial charge in [0.1, 0.15) is 17.5 Å². The van der Waals surface area contributed by atoms with E-state index in [1.807, 2.05) is 18.2 Å². The molecular weight excluding hydrogens is 546 g/mol. The molecule has 3 aromatic rings. The first-order valence-corrected chi connectivity index (χ1v) is 14.0. The first-order valence-electron chi connectivity index (χ1n) is 12.1. The Labute approximate surface area is 239 Å². The SMILES string of the molecule is Cl.Cl.Fc1c(SCc2ccc(C3=NCCCN3)cc2)cccc1SCc1ccc(C2=NCCCN2)cc1. The Morgan fingerprint density at radius 2 is 1.08 bits per heavy atom. The highest BCUT2D eigenvalue weighted by atomic mass is 35.5. The van der Waals surface area contributed by atoms with Gasteiger partial charge in [-0.3, -0.25) is 9.98 Å². The highest BCUT2D eigenvalue weighted by Gasteiger charge is 2.12. The van der Waals surface area contributed by atoms with Gasteiger partial charge in [0, 0.05) is 58.6 Å². The Morgan fingerprint density at radius 1 is 0.649 bits per heavy atom. The van der Waals surface area contributed by atoms with Gasteiger partial charge in [-0.05, 0) is 36.1 Å². The van der Waals surface area contributed by atoms with Crippen LogP contribution in [0.1, 0.15) is 35.1 Å². The molecule has 0 amide bonds. The van der Waals surface area contributed by atoms with Gasteiger partial charge in [-0.15, -0.1) is 48.3 Å². The van der Waals surface area contributed by atoms with Crippen LogP contribution in [0.3, 0.4) is 0 Å². The smallest absolute Gasteiger partial charge is 0.150 e. The lowest BCUT2D eigenvalue weighted by Crippen LogP contribution is -2.30. The van der Waals surface area contributed by atoms with Gasteiger partial charge in [0.25, 0.3) is 0 Å². The van der Waals surface area contributed by atoms with E-state index in [2.05, 4.69) is 69.1 Å². The van der Waals surface area contributed by atoms with Gasteiger partial charge in [0.05, 0.1) is 0 Å². The molecule has 2 heterocycles. The van der Waals surface area contributed by atoms with E-state index in [0.717, 1.165) is 73.3 Å². The number of aliphatic imine (C=N–C) groups is 2. The molecule has 0 bridgehead atoms. The molecule has 0 saturated carbocycles. The molecule has 0 radical (unpaired) electrons. The van der Waals surface area contributed by atoms with Gasteiger partial charge in [-0.25, -0.2) is 4.39 Å². The number of amidine groups is 2. The van der Waals surface area contributed by atoms with E-state index in [1.165, 1.54) is 11.1 Å². The van der Waals surface area contributed by atoms with Gasteiger partial charge in [0.2, 0.25) is 0 Å². The van der Waals surface area contributed by atoms with Crippen molar-refractivity contribution in [1.82, 2.24) is 10.6 Å². The number of benzene rings is 3. The minimum absolute atomic E-state index is 0. The molecule has 37 heavy (non-hydrogen) atoms. The second kappa shape index (κ2) is 14.7. The molecule has 5 rings (SSSR count). The van der Waals surface area contributed by atoms with Crippen molar-refractivity contribution in [2.75, 3.05) is 26.2 Å². The Hall–Kier alpha value is -2.19. The van der Waals surface area contributed by atoms with Crippen molar-refractivity contribution in [3.05, 3.63) is 94.8 Å². The molecule has 0 aromatic heterocycles. The summed E-state index contributed by atoms with van der Waals surface area (Å²) in [6.07, 6.45) is 2.17. The van der Waals surface area contributed by atoms with E-state index in [1.54, 1.807) is 23.5 Å². The lowest BCUT2D eigenvalue weighted by Gasteiger charge is -2.15. The monoisotopic (exact) mass is 576 g/mol. The predicted octanol–water partition coefficient (Wildman–Crippen LogP) is 6.73. The number of hydrogen-bond acceptors (Lipinski definition) is 6. The zero-order valence-electron chi connectivity index (χ0n) is 20.4. The molecule has 0 fully saturated rings. The van der Waals surface area contributed by atoms with Gasteiger partial charge in [0.15, 0.2) is 0 Å². The van der Waals surface area contributed by atoms with Crippen LogP contribution in [-0.2, 0) is 11.5 Å². The summed E-state index contributed by atoms with van der Waals surface area (Å²) in [5, 5.41) is 6.71. The zero-order chi connectivity index (χ0) is 23.9. The number of nitrogens with zero attached hydrogens (tertiary/aromatic N) is 2. The van der Waals surface area contributed by atoms with Crippen LogP contribution in [0.4, 0.5) is 4.39 Å². The summed E-state index contributed by atoms with van der Waals surface area (Å²) in [5.41, 5.74) is 4.56. The van der Waals surface area contributed by atoms with E-state index in [9.17, 15) is 0 Å². The average molecular weight is 578 g/mol. The molecule has 0 aliphatic carbocycles. The molecule has 0 unspecified atom stereocenters. The lowest BCUT2D eigenvalue weighted by molar-refractivity contribution is 0.575. The van der Waals surface area contributed by atoms with Crippen molar-refractivity contribution in [3.8, 4) is 0 Å². The molecule has 9 heteroatoms. The maximum absolute atomic E-state index is 15.2. The largest absolute Gasteiger partial charge is 0.370 e. The molecule has 2 N–H and O–H groups in total. The molecule has 2 aliphatic heterocycles. The Morgan fingerprint density at radius 3 is 1.46 bits per heavy atom. The summed E-state index contributed by atoms with van der Waals surface area (Å²) in [5.74, 6) is 3.27. The average Bonchev–Trinajstić information content (AvgIpc) is 2.93. The van der Waals surface area contributed by atoms with Crippen LogP contribution in [0.15, 0.2) is 86.5 Å². The maximum atomic E-state index is 15.2.